The molecule has 3 rings (SSSR count). The van der Waals surface area contributed by atoms with Crippen molar-refractivity contribution in [1.29, 1.82) is 0 Å². The number of carboxylic acid groups (broad SMARTS) is 1. The normalized spacial score (nSPS) is 14.5. The second kappa shape index (κ2) is 5.18. The molecule has 1 N–H and O–H groups in total. The fraction of sp³-hybridized carbons (Fsp3) is 0.429. The number of aromatic carboxylic acids is 1. The standard InChI is InChI=1S/C14H16N2O2S2/c1-3-16(14-15-7-10(19-14)13(17)18)11-6-8(2)12(20-11)9-4-5-9/h6-7,9H,3-5H2,1-2H3,(H,17,18). The van der Waals surface area contributed by atoms with Gasteiger partial charge in [-0.25, -0.2) is 9.78 Å². The van der Waals surface area contributed by atoms with E-state index < -0.39 is 5.97 Å². The van der Waals surface area contributed by atoms with Crippen LogP contribution in [0.15, 0.2) is 12.3 Å². The summed E-state index contributed by atoms with van der Waals surface area (Å²) in [5.74, 6) is -0.163. The zero-order valence-electron chi connectivity index (χ0n) is 11.4. The maximum atomic E-state index is 11.0. The molecule has 2 heterocycles. The van der Waals surface area contributed by atoms with Gasteiger partial charge in [0.15, 0.2) is 5.13 Å². The molecule has 20 heavy (non-hydrogen) atoms. The molecule has 4 nitrogen and oxygen atoms in total. The van der Waals surface area contributed by atoms with E-state index in [0.717, 1.165) is 22.6 Å². The summed E-state index contributed by atoms with van der Waals surface area (Å²) in [5.41, 5.74) is 1.35. The molecule has 1 fully saturated rings. The van der Waals surface area contributed by atoms with Crippen molar-refractivity contribution in [3.8, 4) is 0 Å². The average molecular weight is 308 g/mol. The summed E-state index contributed by atoms with van der Waals surface area (Å²) < 4.78 is 0. The molecular weight excluding hydrogens is 292 g/mol. The first-order valence-corrected chi connectivity index (χ1v) is 8.30. The number of carbonyl (C=O) groups is 1. The van der Waals surface area contributed by atoms with Crippen LogP contribution in [0.3, 0.4) is 0 Å². The van der Waals surface area contributed by atoms with Crippen molar-refractivity contribution >= 4 is 38.8 Å². The fourth-order valence-electron chi connectivity index (χ4n) is 2.24. The highest BCUT2D eigenvalue weighted by Crippen LogP contribution is 2.48. The third kappa shape index (κ3) is 2.45. The minimum absolute atomic E-state index is 0.286. The van der Waals surface area contributed by atoms with Gasteiger partial charge in [-0.3, -0.25) is 0 Å². The first-order valence-electron chi connectivity index (χ1n) is 6.67. The van der Waals surface area contributed by atoms with Gasteiger partial charge in [0.05, 0.1) is 11.2 Å². The van der Waals surface area contributed by atoms with E-state index in [9.17, 15) is 4.79 Å². The monoisotopic (exact) mass is 308 g/mol. The number of rotatable bonds is 5. The fourth-order valence-corrected chi connectivity index (χ4v) is 4.54. The van der Waals surface area contributed by atoms with Crippen molar-refractivity contribution in [3.05, 3.63) is 27.6 Å². The van der Waals surface area contributed by atoms with Crippen LogP contribution in [0, 0.1) is 6.92 Å². The third-order valence-corrected chi connectivity index (χ3v) is 5.84. The van der Waals surface area contributed by atoms with Crippen molar-refractivity contribution in [3.63, 3.8) is 0 Å². The highest BCUT2D eigenvalue weighted by molar-refractivity contribution is 7.19. The number of thiazole rings is 1. The van der Waals surface area contributed by atoms with Gasteiger partial charge in [0.1, 0.15) is 4.88 Å². The van der Waals surface area contributed by atoms with Crippen LogP contribution in [0.5, 0.6) is 0 Å². The Bertz CT molecular complexity index is 643. The van der Waals surface area contributed by atoms with Crippen LogP contribution >= 0.6 is 22.7 Å². The number of carboxylic acids is 1. The highest BCUT2D eigenvalue weighted by Gasteiger charge is 2.28. The summed E-state index contributed by atoms with van der Waals surface area (Å²) in [4.78, 5) is 19.1. The van der Waals surface area contributed by atoms with Crippen molar-refractivity contribution in [1.82, 2.24) is 4.98 Å². The van der Waals surface area contributed by atoms with Gasteiger partial charge in [-0.1, -0.05) is 11.3 Å². The maximum absolute atomic E-state index is 11.0. The number of thiophene rings is 1. The third-order valence-electron chi connectivity index (χ3n) is 3.41. The molecular formula is C14H16N2O2S2. The molecule has 0 radical (unpaired) electrons. The summed E-state index contributed by atoms with van der Waals surface area (Å²) >= 11 is 3.05. The Morgan fingerprint density at radius 3 is 2.80 bits per heavy atom. The van der Waals surface area contributed by atoms with E-state index in [1.807, 2.05) is 11.3 Å². The molecule has 0 aromatic carbocycles. The van der Waals surface area contributed by atoms with E-state index in [1.54, 1.807) is 0 Å². The van der Waals surface area contributed by atoms with Crippen molar-refractivity contribution in [2.45, 2.75) is 32.6 Å². The first kappa shape index (κ1) is 13.6. The molecule has 0 spiro atoms. The van der Waals surface area contributed by atoms with E-state index >= 15 is 0 Å². The number of anilines is 2. The van der Waals surface area contributed by atoms with Gasteiger partial charge < -0.3 is 10.0 Å². The van der Waals surface area contributed by atoms with Crippen molar-refractivity contribution in [2.24, 2.45) is 0 Å². The Morgan fingerprint density at radius 2 is 2.25 bits per heavy atom. The second-order valence-corrected chi connectivity index (χ2v) is 7.03. The smallest absolute Gasteiger partial charge is 0.347 e. The lowest BCUT2D eigenvalue weighted by atomic mass is 10.2. The number of nitrogens with zero attached hydrogens (tertiary/aromatic N) is 2. The summed E-state index contributed by atoms with van der Waals surface area (Å²) in [6.45, 7) is 5.01. The molecule has 1 saturated carbocycles. The SMILES string of the molecule is CCN(c1cc(C)c(C2CC2)s1)c1ncc(C(=O)O)s1. The van der Waals surface area contributed by atoms with Gasteiger partial charge in [0.25, 0.3) is 0 Å². The molecule has 1 aliphatic carbocycles. The predicted octanol–water partition coefficient (Wildman–Crippen LogP) is 4.25. The summed E-state index contributed by atoms with van der Waals surface area (Å²) in [6, 6.07) is 2.20. The molecule has 0 bridgehead atoms. The van der Waals surface area contributed by atoms with Gasteiger partial charge >= 0.3 is 5.97 Å². The van der Waals surface area contributed by atoms with Gasteiger partial charge in [-0.05, 0) is 44.2 Å². The first-order chi connectivity index (χ1) is 9.60. The summed E-state index contributed by atoms with van der Waals surface area (Å²) in [7, 11) is 0. The minimum atomic E-state index is -0.911. The summed E-state index contributed by atoms with van der Waals surface area (Å²) in [5, 5.41) is 10.9. The predicted molar refractivity (Wildman–Crippen MR) is 82.8 cm³/mol. The van der Waals surface area contributed by atoms with Gasteiger partial charge in [0.2, 0.25) is 0 Å². The van der Waals surface area contributed by atoms with E-state index in [-0.39, 0.29) is 4.88 Å². The van der Waals surface area contributed by atoms with Gasteiger partial charge in [-0.2, -0.15) is 0 Å². The zero-order chi connectivity index (χ0) is 14.3. The number of hydrogen-bond acceptors (Lipinski definition) is 5. The quantitative estimate of drug-likeness (QED) is 0.897. The number of aryl methyl sites for hydroxylation is 1. The highest BCUT2D eigenvalue weighted by atomic mass is 32.1. The molecule has 0 atom stereocenters. The van der Waals surface area contributed by atoms with Crippen LogP contribution < -0.4 is 4.90 Å². The Labute approximate surface area is 125 Å². The minimum Gasteiger partial charge on any atom is -0.477 e. The van der Waals surface area contributed by atoms with Crippen LogP contribution in [0.2, 0.25) is 0 Å². The van der Waals surface area contributed by atoms with Crippen molar-refractivity contribution in [2.75, 3.05) is 11.4 Å². The van der Waals surface area contributed by atoms with E-state index in [4.69, 9.17) is 5.11 Å². The molecule has 1 aliphatic rings. The topological polar surface area (TPSA) is 53.4 Å². The second-order valence-electron chi connectivity index (χ2n) is 4.96. The van der Waals surface area contributed by atoms with E-state index in [0.29, 0.717) is 0 Å². The zero-order valence-corrected chi connectivity index (χ0v) is 13.1. The molecule has 0 unspecified atom stereocenters. The summed E-state index contributed by atoms with van der Waals surface area (Å²) in [6.07, 6.45) is 4.04. The van der Waals surface area contributed by atoms with Crippen LogP contribution in [-0.2, 0) is 0 Å². The lowest BCUT2D eigenvalue weighted by molar-refractivity contribution is 0.0702. The Hall–Kier alpha value is -1.40. The largest absolute Gasteiger partial charge is 0.477 e. The van der Waals surface area contributed by atoms with E-state index in [1.165, 1.54) is 40.8 Å². The molecule has 2 aromatic heterocycles. The van der Waals surface area contributed by atoms with E-state index in [2.05, 4.69) is 29.8 Å². The Balaban J connectivity index is 1.91. The molecule has 2 aromatic rings. The van der Waals surface area contributed by atoms with Crippen LogP contribution in [0.25, 0.3) is 0 Å². The molecule has 0 amide bonds. The lowest BCUT2D eigenvalue weighted by Crippen LogP contribution is -2.14. The van der Waals surface area contributed by atoms with Crippen LogP contribution in [0.4, 0.5) is 10.1 Å². The molecule has 6 heteroatoms. The van der Waals surface area contributed by atoms with Gasteiger partial charge in [0, 0.05) is 11.4 Å². The maximum Gasteiger partial charge on any atom is 0.347 e. The van der Waals surface area contributed by atoms with Crippen molar-refractivity contribution < 1.29 is 9.90 Å². The Kier molecular flexibility index (Phi) is 3.52. The Morgan fingerprint density at radius 1 is 1.50 bits per heavy atom. The number of hydrogen-bond donors (Lipinski definition) is 1. The lowest BCUT2D eigenvalue weighted by Gasteiger charge is -2.17. The molecule has 0 aliphatic heterocycles. The molecule has 0 saturated heterocycles. The number of aromatic nitrogens is 1. The van der Waals surface area contributed by atoms with Crippen LogP contribution in [0.1, 0.15) is 45.8 Å². The molecule has 106 valence electrons. The van der Waals surface area contributed by atoms with Gasteiger partial charge in [-0.15, -0.1) is 11.3 Å². The average Bonchev–Trinajstić information content (AvgIpc) is 3.00. The van der Waals surface area contributed by atoms with Crippen LogP contribution in [-0.4, -0.2) is 22.6 Å².